The molecule has 0 saturated heterocycles. The highest BCUT2D eigenvalue weighted by molar-refractivity contribution is 5.84. The highest BCUT2D eigenvalue weighted by Crippen LogP contribution is 2.59. The van der Waals surface area contributed by atoms with Crippen LogP contribution in [-0.2, 0) is 19.2 Å². The number of rotatable bonds is 5. The molecule has 7 heteroatoms. The second-order valence-corrected chi connectivity index (χ2v) is 5.22. The fraction of sp³-hybridized carbons (Fsp3) is 0.667. The van der Waals surface area contributed by atoms with E-state index >= 15 is 0 Å². The van der Waals surface area contributed by atoms with Crippen molar-refractivity contribution in [3.63, 3.8) is 0 Å². The highest BCUT2D eigenvalue weighted by Gasteiger charge is 2.64. The third-order valence-electron chi connectivity index (χ3n) is 4.55. The first-order valence-corrected chi connectivity index (χ1v) is 6.02. The minimum absolute atomic E-state index is 0.0335. The number of carbonyl (C=O) groups excluding carboxylic acids is 1. The standard InChI is InChI=1S/C12H14O7/c13-2-1-4-5-3-6(7(4)10(14)15)9(12(18)19)8(5)11(16)17/h2,4-9H,1,3H2,(H,14,15)(H,16,17)(H,18,19). The minimum Gasteiger partial charge on any atom is -0.481 e. The summed E-state index contributed by atoms with van der Waals surface area (Å²) < 4.78 is 0. The third kappa shape index (κ3) is 1.89. The summed E-state index contributed by atoms with van der Waals surface area (Å²) in [7, 11) is 0. The summed E-state index contributed by atoms with van der Waals surface area (Å²) in [6.45, 7) is 0. The Labute approximate surface area is 108 Å². The quantitative estimate of drug-likeness (QED) is 0.597. The van der Waals surface area contributed by atoms with Crippen LogP contribution in [0.15, 0.2) is 0 Å². The van der Waals surface area contributed by atoms with Crippen LogP contribution in [0.2, 0.25) is 0 Å². The normalized spacial score (nSPS) is 40.0. The number of carboxylic acid groups (broad SMARTS) is 3. The van der Waals surface area contributed by atoms with E-state index < -0.39 is 53.4 Å². The molecule has 2 aliphatic carbocycles. The van der Waals surface area contributed by atoms with Crippen LogP contribution in [0.4, 0.5) is 0 Å². The molecule has 19 heavy (non-hydrogen) atoms. The molecule has 3 N–H and O–H groups in total. The molecule has 7 nitrogen and oxygen atoms in total. The number of fused-ring (bicyclic) bond motifs is 2. The van der Waals surface area contributed by atoms with Crippen LogP contribution in [0.3, 0.4) is 0 Å². The van der Waals surface area contributed by atoms with Crippen LogP contribution in [0, 0.1) is 35.5 Å². The lowest BCUT2D eigenvalue weighted by molar-refractivity contribution is -0.163. The van der Waals surface area contributed by atoms with E-state index in [1.807, 2.05) is 0 Å². The smallest absolute Gasteiger partial charge is 0.307 e. The van der Waals surface area contributed by atoms with E-state index in [1.165, 1.54) is 0 Å². The summed E-state index contributed by atoms with van der Waals surface area (Å²) in [6, 6.07) is 0. The Morgan fingerprint density at radius 2 is 1.37 bits per heavy atom. The summed E-state index contributed by atoms with van der Waals surface area (Å²) in [5.41, 5.74) is 0. The number of hydrogen-bond donors (Lipinski definition) is 3. The van der Waals surface area contributed by atoms with Gasteiger partial charge < -0.3 is 20.1 Å². The molecular weight excluding hydrogens is 256 g/mol. The van der Waals surface area contributed by atoms with Gasteiger partial charge in [-0.1, -0.05) is 0 Å². The molecule has 104 valence electrons. The van der Waals surface area contributed by atoms with E-state index in [1.54, 1.807) is 0 Å². The first-order valence-electron chi connectivity index (χ1n) is 6.02. The zero-order valence-corrected chi connectivity index (χ0v) is 9.93. The molecule has 6 atom stereocenters. The maximum Gasteiger partial charge on any atom is 0.307 e. The molecule has 2 fully saturated rings. The van der Waals surface area contributed by atoms with Crippen molar-refractivity contribution >= 4 is 24.2 Å². The maximum absolute atomic E-state index is 11.3. The third-order valence-corrected chi connectivity index (χ3v) is 4.55. The predicted molar refractivity (Wildman–Crippen MR) is 59.1 cm³/mol. The van der Waals surface area contributed by atoms with Crippen molar-refractivity contribution in [3.8, 4) is 0 Å². The summed E-state index contributed by atoms with van der Waals surface area (Å²) in [5, 5.41) is 27.5. The molecule has 6 unspecified atom stereocenters. The van der Waals surface area contributed by atoms with Gasteiger partial charge in [-0.3, -0.25) is 14.4 Å². The van der Waals surface area contributed by atoms with Crippen molar-refractivity contribution in [2.75, 3.05) is 0 Å². The molecule has 2 aliphatic rings. The van der Waals surface area contributed by atoms with Gasteiger partial charge in [0.2, 0.25) is 0 Å². The van der Waals surface area contributed by atoms with Gasteiger partial charge in [0.25, 0.3) is 0 Å². The fourth-order valence-corrected chi connectivity index (χ4v) is 4.01. The molecule has 0 radical (unpaired) electrons. The van der Waals surface area contributed by atoms with E-state index in [9.17, 15) is 24.3 Å². The first kappa shape index (κ1) is 13.5. The van der Waals surface area contributed by atoms with Gasteiger partial charge in [-0.05, 0) is 24.2 Å². The van der Waals surface area contributed by atoms with Crippen LogP contribution >= 0.6 is 0 Å². The molecule has 0 spiro atoms. The topological polar surface area (TPSA) is 129 Å². The number of hydrogen-bond acceptors (Lipinski definition) is 4. The first-order chi connectivity index (χ1) is 8.90. The van der Waals surface area contributed by atoms with Gasteiger partial charge in [0.1, 0.15) is 6.29 Å². The number of carbonyl (C=O) groups is 4. The van der Waals surface area contributed by atoms with Crippen molar-refractivity contribution < 1.29 is 34.5 Å². The van der Waals surface area contributed by atoms with Gasteiger partial charge in [-0.15, -0.1) is 0 Å². The monoisotopic (exact) mass is 270 g/mol. The molecule has 2 rings (SSSR count). The summed E-state index contributed by atoms with van der Waals surface area (Å²) in [4.78, 5) is 44.4. The van der Waals surface area contributed by atoms with Crippen LogP contribution in [-0.4, -0.2) is 39.5 Å². The Bertz CT molecular complexity index is 443. The fourth-order valence-electron chi connectivity index (χ4n) is 4.01. The lowest BCUT2D eigenvalue weighted by atomic mass is 9.67. The molecule has 0 aromatic rings. The SMILES string of the molecule is O=CCC1C2CC(C1C(=O)O)C(C(=O)O)C2C(=O)O. The number of carboxylic acids is 3. The van der Waals surface area contributed by atoms with Crippen LogP contribution in [0.5, 0.6) is 0 Å². The Balaban J connectivity index is 2.39. The highest BCUT2D eigenvalue weighted by atomic mass is 16.4. The largest absolute Gasteiger partial charge is 0.481 e. The van der Waals surface area contributed by atoms with Crippen molar-refractivity contribution in [2.24, 2.45) is 35.5 Å². The second-order valence-electron chi connectivity index (χ2n) is 5.22. The minimum atomic E-state index is -1.27. The summed E-state index contributed by atoms with van der Waals surface area (Å²) in [5.74, 6) is -8.66. The second kappa shape index (κ2) is 4.64. The van der Waals surface area contributed by atoms with Crippen LogP contribution in [0.25, 0.3) is 0 Å². The number of aldehydes is 1. The predicted octanol–water partition coefficient (Wildman–Crippen LogP) is -0.0563. The van der Waals surface area contributed by atoms with Crippen molar-refractivity contribution in [1.29, 1.82) is 0 Å². The zero-order chi connectivity index (χ0) is 14.3. The van der Waals surface area contributed by atoms with Gasteiger partial charge >= 0.3 is 17.9 Å². The van der Waals surface area contributed by atoms with Crippen molar-refractivity contribution in [2.45, 2.75) is 12.8 Å². The Kier molecular flexibility index (Phi) is 3.30. The van der Waals surface area contributed by atoms with E-state index in [4.69, 9.17) is 10.2 Å². The molecular formula is C12H14O7. The Morgan fingerprint density at radius 3 is 1.79 bits per heavy atom. The molecule has 2 saturated carbocycles. The maximum atomic E-state index is 11.3. The van der Waals surface area contributed by atoms with Gasteiger partial charge in [0.05, 0.1) is 17.8 Å². The van der Waals surface area contributed by atoms with Gasteiger partial charge in [-0.25, -0.2) is 0 Å². The van der Waals surface area contributed by atoms with E-state index in [0.717, 1.165) is 0 Å². The van der Waals surface area contributed by atoms with E-state index in [0.29, 0.717) is 6.29 Å². The summed E-state index contributed by atoms with van der Waals surface area (Å²) in [6.07, 6.45) is 0.799. The van der Waals surface area contributed by atoms with E-state index in [2.05, 4.69) is 0 Å². The van der Waals surface area contributed by atoms with Gasteiger partial charge in [0.15, 0.2) is 0 Å². The average molecular weight is 270 g/mol. The molecule has 0 heterocycles. The lowest BCUT2D eigenvalue weighted by Crippen LogP contribution is -2.45. The average Bonchev–Trinajstić information content (AvgIpc) is 2.83. The Hall–Kier alpha value is -1.92. The lowest BCUT2D eigenvalue weighted by Gasteiger charge is -2.34. The van der Waals surface area contributed by atoms with Crippen molar-refractivity contribution in [1.82, 2.24) is 0 Å². The molecule has 0 aromatic carbocycles. The number of aliphatic carboxylic acids is 3. The van der Waals surface area contributed by atoms with Crippen LogP contribution in [0.1, 0.15) is 12.8 Å². The molecule has 0 aromatic heterocycles. The van der Waals surface area contributed by atoms with Crippen LogP contribution < -0.4 is 0 Å². The van der Waals surface area contributed by atoms with Crippen molar-refractivity contribution in [3.05, 3.63) is 0 Å². The molecule has 0 amide bonds. The van der Waals surface area contributed by atoms with Gasteiger partial charge in [0, 0.05) is 6.42 Å². The van der Waals surface area contributed by atoms with E-state index in [-0.39, 0.29) is 12.8 Å². The zero-order valence-electron chi connectivity index (χ0n) is 9.93. The molecule has 2 bridgehead atoms. The Morgan fingerprint density at radius 1 is 0.895 bits per heavy atom. The molecule has 0 aliphatic heterocycles. The summed E-state index contributed by atoms with van der Waals surface area (Å²) >= 11 is 0. The van der Waals surface area contributed by atoms with Gasteiger partial charge in [-0.2, -0.15) is 0 Å².